The Bertz CT molecular complexity index is 436. The quantitative estimate of drug-likeness (QED) is 0.811. The maximum absolute atomic E-state index is 12.3. The first kappa shape index (κ1) is 13.7. The predicted molar refractivity (Wildman–Crippen MR) is 81.6 cm³/mol. The molecule has 1 aliphatic heterocycles. The van der Waals surface area contributed by atoms with Crippen molar-refractivity contribution in [2.45, 2.75) is 50.9 Å². The van der Waals surface area contributed by atoms with E-state index in [9.17, 15) is 4.79 Å². The second kappa shape index (κ2) is 6.43. The van der Waals surface area contributed by atoms with Gasteiger partial charge in [0, 0.05) is 25.4 Å². The van der Waals surface area contributed by atoms with Crippen LogP contribution in [0.25, 0.3) is 0 Å². The van der Waals surface area contributed by atoms with Crippen LogP contribution in [0.1, 0.15) is 56.4 Å². The Morgan fingerprint density at radius 3 is 2.60 bits per heavy atom. The van der Waals surface area contributed by atoms with E-state index in [4.69, 9.17) is 0 Å². The van der Waals surface area contributed by atoms with Gasteiger partial charge in [0.15, 0.2) is 0 Å². The maximum atomic E-state index is 12.3. The number of amides is 1. The summed E-state index contributed by atoms with van der Waals surface area (Å²) in [6.45, 7) is 1.87. The SMILES string of the molecule is O=C(CCC1CCCC1)N1CCC(c2ccccc2)C1. The lowest BCUT2D eigenvalue weighted by atomic mass is 9.99. The van der Waals surface area contributed by atoms with E-state index in [0.29, 0.717) is 11.8 Å². The van der Waals surface area contributed by atoms with Crippen LogP contribution in [-0.2, 0) is 4.79 Å². The highest BCUT2D eigenvalue weighted by atomic mass is 16.2. The van der Waals surface area contributed by atoms with Gasteiger partial charge >= 0.3 is 0 Å². The number of carbonyl (C=O) groups excluding carboxylic acids is 1. The zero-order chi connectivity index (χ0) is 13.8. The lowest BCUT2D eigenvalue weighted by Crippen LogP contribution is -2.28. The molecule has 2 nitrogen and oxygen atoms in total. The van der Waals surface area contributed by atoms with Crippen LogP contribution in [0.5, 0.6) is 0 Å². The average molecular weight is 271 g/mol. The molecule has 2 aliphatic rings. The number of carbonyl (C=O) groups is 1. The molecule has 0 N–H and O–H groups in total. The maximum Gasteiger partial charge on any atom is 0.222 e. The molecule has 2 heteroatoms. The molecule has 1 amide bonds. The number of nitrogens with zero attached hydrogens (tertiary/aromatic N) is 1. The molecule has 1 saturated carbocycles. The molecule has 20 heavy (non-hydrogen) atoms. The monoisotopic (exact) mass is 271 g/mol. The van der Waals surface area contributed by atoms with Gasteiger partial charge in [-0.15, -0.1) is 0 Å². The fraction of sp³-hybridized carbons (Fsp3) is 0.611. The van der Waals surface area contributed by atoms with Gasteiger partial charge in [-0.25, -0.2) is 0 Å². The number of likely N-dealkylation sites (tertiary alicyclic amines) is 1. The first-order chi connectivity index (χ1) is 9.83. The predicted octanol–water partition coefficient (Wildman–Crippen LogP) is 3.97. The second-order valence-electron chi connectivity index (χ2n) is 6.43. The molecular formula is C18H25NO. The van der Waals surface area contributed by atoms with E-state index >= 15 is 0 Å². The van der Waals surface area contributed by atoms with Crippen molar-refractivity contribution in [3.05, 3.63) is 35.9 Å². The fourth-order valence-electron chi connectivity index (χ4n) is 3.77. The van der Waals surface area contributed by atoms with Crippen LogP contribution in [0.2, 0.25) is 0 Å². The van der Waals surface area contributed by atoms with Gasteiger partial charge in [0.25, 0.3) is 0 Å². The van der Waals surface area contributed by atoms with Crippen molar-refractivity contribution in [2.24, 2.45) is 5.92 Å². The number of rotatable bonds is 4. The van der Waals surface area contributed by atoms with Crippen molar-refractivity contribution >= 4 is 5.91 Å². The normalized spacial score (nSPS) is 23.4. The third-order valence-electron chi connectivity index (χ3n) is 5.05. The van der Waals surface area contributed by atoms with Crippen molar-refractivity contribution in [3.8, 4) is 0 Å². The summed E-state index contributed by atoms with van der Waals surface area (Å²) in [6.07, 6.45) is 8.45. The minimum absolute atomic E-state index is 0.385. The standard InChI is InChI=1S/C18H25NO/c20-18(11-10-15-6-4-5-7-15)19-13-12-17(14-19)16-8-2-1-3-9-16/h1-3,8-9,15,17H,4-7,10-14H2. The topological polar surface area (TPSA) is 20.3 Å². The Hall–Kier alpha value is -1.31. The van der Waals surface area contributed by atoms with Crippen LogP contribution >= 0.6 is 0 Å². The van der Waals surface area contributed by atoms with Gasteiger partial charge in [-0.05, 0) is 24.3 Å². The van der Waals surface area contributed by atoms with Crippen molar-refractivity contribution < 1.29 is 4.79 Å². The van der Waals surface area contributed by atoms with Gasteiger partial charge in [0.05, 0.1) is 0 Å². The molecule has 1 aliphatic carbocycles. The van der Waals surface area contributed by atoms with Crippen LogP contribution in [0.15, 0.2) is 30.3 Å². The van der Waals surface area contributed by atoms with Gasteiger partial charge in [-0.2, -0.15) is 0 Å². The van der Waals surface area contributed by atoms with Crippen molar-refractivity contribution in [3.63, 3.8) is 0 Å². The summed E-state index contributed by atoms with van der Waals surface area (Å²) in [4.78, 5) is 14.4. The fourth-order valence-corrected chi connectivity index (χ4v) is 3.77. The van der Waals surface area contributed by atoms with Gasteiger partial charge in [0.1, 0.15) is 0 Å². The second-order valence-corrected chi connectivity index (χ2v) is 6.43. The third-order valence-corrected chi connectivity index (χ3v) is 5.05. The van der Waals surface area contributed by atoms with E-state index < -0.39 is 0 Å². The molecule has 3 rings (SSSR count). The van der Waals surface area contributed by atoms with Crippen molar-refractivity contribution in [1.82, 2.24) is 4.90 Å². The molecule has 1 heterocycles. The summed E-state index contributed by atoms with van der Waals surface area (Å²) in [7, 11) is 0. The van der Waals surface area contributed by atoms with Crippen LogP contribution in [0.3, 0.4) is 0 Å². The molecule has 1 unspecified atom stereocenters. The van der Waals surface area contributed by atoms with Crippen LogP contribution < -0.4 is 0 Å². The zero-order valence-corrected chi connectivity index (χ0v) is 12.3. The molecule has 1 aromatic carbocycles. The lowest BCUT2D eigenvalue weighted by Gasteiger charge is -2.18. The van der Waals surface area contributed by atoms with Gasteiger partial charge in [-0.3, -0.25) is 4.79 Å². The highest BCUT2D eigenvalue weighted by Gasteiger charge is 2.27. The first-order valence-corrected chi connectivity index (χ1v) is 8.15. The lowest BCUT2D eigenvalue weighted by molar-refractivity contribution is -0.130. The first-order valence-electron chi connectivity index (χ1n) is 8.15. The molecule has 0 aromatic heterocycles. The van der Waals surface area contributed by atoms with Crippen LogP contribution in [0.4, 0.5) is 0 Å². The number of benzene rings is 1. The molecule has 108 valence electrons. The Balaban J connectivity index is 1.48. The van der Waals surface area contributed by atoms with E-state index in [2.05, 4.69) is 35.2 Å². The minimum atomic E-state index is 0.385. The van der Waals surface area contributed by atoms with Crippen molar-refractivity contribution in [2.75, 3.05) is 13.1 Å². The smallest absolute Gasteiger partial charge is 0.222 e. The molecule has 0 spiro atoms. The number of hydrogen-bond donors (Lipinski definition) is 0. The minimum Gasteiger partial charge on any atom is -0.342 e. The molecule has 1 atom stereocenters. The summed E-state index contributed by atoms with van der Waals surface area (Å²) < 4.78 is 0. The summed E-state index contributed by atoms with van der Waals surface area (Å²) in [5.74, 6) is 1.76. The Morgan fingerprint density at radius 1 is 1.10 bits per heavy atom. The van der Waals surface area contributed by atoms with E-state index in [0.717, 1.165) is 38.3 Å². The number of hydrogen-bond acceptors (Lipinski definition) is 1. The molecule has 0 radical (unpaired) electrons. The molecule has 2 fully saturated rings. The highest BCUT2D eigenvalue weighted by molar-refractivity contribution is 5.76. The van der Waals surface area contributed by atoms with E-state index in [1.807, 2.05) is 0 Å². The zero-order valence-electron chi connectivity index (χ0n) is 12.3. The van der Waals surface area contributed by atoms with Gasteiger partial charge in [0.2, 0.25) is 5.91 Å². The van der Waals surface area contributed by atoms with Gasteiger partial charge in [-0.1, -0.05) is 56.0 Å². The van der Waals surface area contributed by atoms with Crippen molar-refractivity contribution in [1.29, 1.82) is 0 Å². The summed E-state index contributed by atoms with van der Waals surface area (Å²) >= 11 is 0. The Kier molecular flexibility index (Phi) is 4.39. The summed E-state index contributed by atoms with van der Waals surface area (Å²) in [5.41, 5.74) is 1.39. The summed E-state index contributed by atoms with van der Waals surface area (Å²) in [6, 6.07) is 10.6. The van der Waals surface area contributed by atoms with Crippen LogP contribution in [0, 0.1) is 5.92 Å². The average Bonchev–Trinajstić information content (AvgIpc) is 3.17. The molecule has 1 saturated heterocycles. The third kappa shape index (κ3) is 3.23. The molecule has 1 aromatic rings. The molecule has 0 bridgehead atoms. The molecular weight excluding hydrogens is 246 g/mol. The van der Waals surface area contributed by atoms with E-state index in [1.54, 1.807) is 0 Å². The Labute approximate surface area is 122 Å². The largest absolute Gasteiger partial charge is 0.342 e. The summed E-state index contributed by atoms with van der Waals surface area (Å²) in [5, 5.41) is 0. The van der Waals surface area contributed by atoms with Gasteiger partial charge < -0.3 is 4.90 Å². The Morgan fingerprint density at radius 2 is 1.85 bits per heavy atom. The van der Waals surface area contributed by atoms with E-state index in [1.165, 1.54) is 31.2 Å². The van der Waals surface area contributed by atoms with Crippen LogP contribution in [-0.4, -0.2) is 23.9 Å². The highest BCUT2D eigenvalue weighted by Crippen LogP contribution is 2.30. The van der Waals surface area contributed by atoms with E-state index in [-0.39, 0.29) is 0 Å².